The maximum atomic E-state index is 12.6. The van der Waals surface area contributed by atoms with E-state index in [1.807, 2.05) is 12.1 Å². The average Bonchev–Trinajstić information content (AvgIpc) is 3.43. The molecule has 1 unspecified atom stereocenters. The number of aromatic nitrogens is 2. The molecule has 0 aliphatic rings. The zero-order valence-electron chi connectivity index (χ0n) is 16.5. The number of hydrogen-bond acceptors (Lipinski definition) is 5. The van der Waals surface area contributed by atoms with Gasteiger partial charge in [0.2, 0.25) is 5.91 Å². The third-order valence-corrected chi connectivity index (χ3v) is 4.64. The quantitative estimate of drug-likeness (QED) is 0.504. The van der Waals surface area contributed by atoms with Crippen molar-refractivity contribution in [2.75, 3.05) is 17.7 Å². The Hall–Kier alpha value is -4.07. The molecule has 2 amide bonds. The normalized spacial score (nSPS) is 11.8. The molecule has 4 rings (SSSR count). The SMILES string of the molecule is COc1cccc2cc(C(=O)Nc3cccc(NC(=O)C(C)n4cccn4)c3)oc12. The predicted molar refractivity (Wildman–Crippen MR) is 113 cm³/mol. The predicted octanol–water partition coefficient (Wildman–Crippen LogP) is 4.09. The fourth-order valence-electron chi connectivity index (χ4n) is 3.05. The Kier molecular flexibility index (Phi) is 5.21. The molecule has 0 fully saturated rings. The summed E-state index contributed by atoms with van der Waals surface area (Å²) in [6.45, 7) is 1.75. The van der Waals surface area contributed by atoms with E-state index in [0.717, 1.165) is 5.39 Å². The summed E-state index contributed by atoms with van der Waals surface area (Å²) in [6, 6.07) is 15.3. The molecule has 0 saturated carbocycles. The maximum absolute atomic E-state index is 12.6. The van der Waals surface area contributed by atoms with Crippen LogP contribution in [0, 0.1) is 0 Å². The Morgan fingerprint density at radius 1 is 1.07 bits per heavy atom. The molecule has 2 aromatic carbocycles. The molecule has 0 spiro atoms. The zero-order valence-corrected chi connectivity index (χ0v) is 16.5. The van der Waals surface area contributed by atoms with Crippen molar-refractivity contribution >= 4 is 34.2 Å². The number of amides is 2. The van der Waals surface area contributed by atoms with Crippen molar-refractivity contribution in [1.82, 2.24) is 9.78 Å². The number of rotatable bonds is 6. The first-order chi connectivity index (χ1) is 14.5. The van der Waals surface area contributed by atoms with Crippen molar-refractivity contribution < 1.29 is 18.7 Å². The van der Waals surface area contributed by atoms with Gasteiger partial charge in [-0.15, -0.1) is 0 Å². The molecular weight excluding hydrogens is 384 g/mol. The van der Waals surface area contributed by atoms with E-state index in [0.29, 0.717) is 22.7 Å². The molecule has 0 aliphatic carbocycles. The van der Waals surface area contributed by atoms with Crippen molar-refractivity contribution in [2.24, 2.45) is 0 Å². The third kappa shape index (κ3) is 3.88. The van der Waals surface area contributed by atoms with Gasteiger partial charge in [-0.3, -0.25) is 14.3 Å². The molecule has 1 atom stereocenters. The molecule has 0 aliphatic heterocycles. The summed E-state index contributed by atoms with van der Waals surface area (Å²) in [5, 5.41) is 10.5. The van der Waals surface area contributed by atoms with Crippen LogP contribution in [0.4, 0.5) is 11.4 Å². The number of nitrogens with one attached hydrogen (secondary N) is 2. The molecule has 2 aromatic heterocycles. The Morgan fingerprint density at radius 3 is 2.57 bits per heavy atom. The first-order valence-electron chi connectivity index (χ1n) is 9.33. The lowest BCUT2D eigenvalue weighted by Gasteiger charge is -2.13. The summed E-state index contributed by atoms with van der Waals surface area (Å²) in [5.74, 6) is 0.104. The van der Waals surface area contributed by atoms with Gasteiger partial charge in [-0.05, 0) is 43.3 Å². The van der Waals surface area contributed by atoms with Gasteiger partial charge in [0.25, 0.3) is 5.91 Å². The van der Waals surface area contributed by atoms with Crippen LogP contribution >= 0.6 is 0 Å². The van der Waals surface area contributed by atoms with Crippen LogP contribution in [-0.4, -0.2) is 28.7 Å². The Balaban J connectivity index is 1.48. The van der Waals surface area contributed by atoms with E-state index in [2.05, 4.69) is 15.7 Å². The van der Waals surface area contributed by atoms with E-state index in [4.69, 9.17) is 9.15 Å². The van der Waals surface area contributed by atoms with Crippen LogP contribution in [0.1, 0.15) is 23.5 Å². The molecule has 2 heterocycles. The van der Waals surface area contributed by atoms with Gasteiger partial charge in [-0.2, -0.15) is 5.10 Å². The molecule has 4 aromatic rings. The largest absolute Gasteiger partial charge is 0.493 e. The van der Waals surface area contributed by atoms with Crippen LogP contribution in [0.3, 0.4) is 0 Å². The van der Waals surface area contributed by atoms with Gasteiger partial charge in [0.1, 0.15) is 6.04 Å². The highest BCUT2D eigenvalue weighted by Gasteiger charge is 2.17. The standard InChI is InChI=1S/C22H20N4O4/c1-14(26-11-5-10-23-26)21(27)24-16-7-4-8-17(13-16)25-22(28)19-12-15-6-3-9-18(29-2)20(15)30-19/h3-14H,1-2H3,(H,24,27)(H,25,28). The fraction of sp³-hybridized carbons (Fsp3) is 0.136. The molecule has 2 N–H and O–H groups in total. The number of carbonyl (C=O) groups is 2. The first kappa shape index (κ1) is 19.3. The number of hydrogen-bond donors (Lipinski definition) is 2. The highest BCUT2D eigenvalue weighted by Crippen LogP contribution is 2.29. The molecule has 152 valence electrons. The fourth-order valence-corrected chi connectivity index (χ4v) is 3.05. The molecule has 0 radical (unpaired) electrons. The number of furan rings is 1. The minimum atomic E-state index is -0.469. The third-order valence-electron chi connectivity index (χ3n) is 4.64. The van der Waals surface area contributed by atoms with Gasteiger partial charge in [-0.1, -0.05) is 18.2 Å². The number of carbonyl (C=O) groups excluding carboxylic acids is 2. The highest BCUT2D eigenvalue weighted by atomic mass is 16.5. The van der Waals surface area contributed by atoms with Gasteiger partial charge < -0.3 is 19.8 Å². The van der Waals surface area contributed by atoms with Gasteiger partial charge in [0.15, 0.2) is 17.1 Å². The lowest BCUT2D eigenvalue weighted by atomic mass is 10.2. The van der Waals surface area contributed by atoms with Crippen LogP contribution in [0.2, 0.25) is 0 Å². The zero-order chi connectivity index (χ0) is 21.1. The maximum Gasteiger partial charge on any atom is 0.291 e. The smallest absolute Gasteiger partial charge is 0.291 e. The Labute approximate surface area is 172 Å². The van der Waals surface area contributed by atoms with Crippen LogP contribution in [-0.2, 0) is 4.79 Å². The second-order valence-electron chi connectivity index (χ2n) is 6.68. The lowest BCUT2D eigenvalue weighted by molar-refractivity contribution is -0.119. The summed E-state index contributed by atoms with van der Waals surface area (Å²) in [5.41, 5.74) is 1.60. The minimum Gasteiger partial charge on any atom is -0.493 e. The number of methoxy groups -OCH3 is 1. The molecular formula is C22H20N4O4. The van der Waals surface area contributed by atoms with E-state index in [1.54, 1.807) is 73.6 Å². The van der Waals surface area contributed by atoms with Crippen LogP contribution in [0.5, 0.6) is 5.75 Å². The van der Waals surface area contributed by atoms with Crippen LogP contribution < -0.4 is 15.4 Å². The van der Waals surface area contributed by atoms with Crippen LogP contribution in [0.15, 0.2) is 71.4 Å². The van der Waals surface area contributed by atoms with Gasteiger partial charge in [0, 0.05) is 29.2 Å². The van der Waals surface area contributed by atoms with E-state index < -0.39 is 11.9 Å². The Morgan fingerprint density at radius 2 is 1.83 bits per heavy atom. The van der Waals surface area contributed by atoms with Gasteiger partial charge >= 0.3 is 0 Å². The summed E-state index contributed by atoms with van der Waals surface area (Å²) >= 11 is 0. The number of nitrogens with zero attached hydrogens (tertiary/aromatic N) is 2. The number of fused-ring (bicyclic) bond motifs is 1. The highest BCUT2D eigenvalue weighted by molar-refractivity contribution is 6.05. The molecule has 8 nitrogen and oxygen atoms in total. The summed E-state index contributed by atoms with van der Waals surface area (Å²) in [4.78, 5) is 25.1. The molecule has 0 bridgehead atoms. The molecule has 0 saturated heterocycles. The average molecular weight is 404 g/mol. The van der Waals surface area contributed by atoms with Crippen LogP contribution in [0.25, 0.3) is 11.0 Å². The number of para-hydroxylation sites is 1. The first-order valence-corrected chi connectivity index (χ1v) is 9.33. The van der Waals surface area contributed by atoms with Crippen molar-refractivity contribution in [3.63, 3.8) is 0 Å². The van der Waals surface area contributed by atoms with Gasteiger partial charge in [-0.25, -0.2) is 0 Å². The molecule has 8 heteroatoms. The van der Waals surface area contributed by atoms with Crippen molar-refractivity contribution in [2.45, 2.75) is 13.0 Å². The van der Waals surface area contributed by atoms with Gasteiger partial charge in [0.05, 0.1) is 7.11 Å². The number of anilines is 2. The second-order valence-corrected chi connectivity index (χ2v) is 6.68. The summed E-state index contributed by atoms with van der Waals surface area (Å²) in [7, 11) is 1.55. The summed E-state index contributed by atoms with van der Waals surface area (Å²) < 4.78 is 12.5. The lowest BCUT2D eigenvalue weighted by Crippen LogP contribution is -2.24. The van der Waals surface area contributed by atoms with E-state index >= 15 is 0 Å². The topological polar surface area (TPSA) is 98.4 Å². The van der Waals surface area contributed by atoms with Crippen molar-refractivity contribution in [3.05, 3.63) is 72.8 Å². The Bertz CT molecular complexity index is 1200. The van der Waals surface area contributed by atoms with E-state index in [1.165, 1.54) is 0 Å². The van der Waals surface area contributed by atoms with Crippen molar-refractivity contribution in [3.8, 4) is 5.75 Å². The monoisotopic (exact) mass is 404 g/mol. The van der Waals surface area contributed by atoms with E-state index in [9.17, 15) is 9.59 Å². The van der Waals surface area contributed by atoms with E-state index in [-0.39, 0.29) is 11.7 Å². The molecule has 30 heavy (non-hydrogen) atoms. The second kappa shape index (κ2) is 8.12. The van der Waals surface area contributed by atoms with Crippen molar-refractivity contribution in [1.29, 1.82) is 0 Å². The summed E-state index contributed by atoms with van der Waals surface area (Å²) in [6.07, 6.45) is 3.34. The number of ether oxygens (including phenoxy) is 1. The number of benzene rings is 2. The minimum absolute atomic E-state index is 0.163.